The van der Waals surface area contributed by atoms with Crippen molar-refractivity contribution in [2.75, 3.05) is 13.2 Å². The van der Waals surface area contributed by atoms with Crippen molar-refractivity contribution >= 4 is 76.9 Å². The van der Waals surface area contributed by atoms with Crippen LogP contribution in [-0.2, 0) is 88.0 Å². The second-order valence-corrected chi connectivity index (χ2v) is 26.1. The predicted octanol–water partition coefficient (Wildman–Crippen LogP) is 0.236. The highest BCUT2D eigenvalue weighted by Gasteiger charge is 2.42. The van der Waals surface area contributed by atoms with Crippen LogP contribution in [-0.4, -0.2) is 186 Å². The molecular weight excluding hydrogens is 1370 g/mol. The smallest absolute Gasteiger partial charge is 0.305 e. The molecule has 0 radical (unpaired) electrons. The van der Waals surface area contributed by atoms with Crippen LogP contribution in [0.3, 0.4) is 0 Å². The molecule has 0 saturated heterocycles. The molecule has 11 amide bonds. The number of nitrogens with one attached hydrogen (secondary N) is 11. The van der Waals surface area contributed by atoms with Gasteiger partial charge in [0.25, 0.3) is 0 Å². The van der Waals surface area contributed by atoms with E-state index in [9.17, 15) is 82.8 Å². The summed E-state index contributed by atoms with van der Waals surface area (Å²) in [6.45, 7) is 7.36. The molecule has 0 spiro atoms. The molecule has 106 heavy (non-hydrogen) atoms. The number of rotatable bonds is 41. The first-order valence-electron chi connectivity index (χ1n) is 34.5. The Balaban J connectivity index is 1.15. The molecule has 6 aromatic rings. The summed E-state index contributed by atoms with van der Waals surface area (Å²) in [6.07, 6.45) is -0.851. The van der Waals surface area contributed by atoms with Crippen molar-refractivity contribution < 1.29 is 82.8 Å². The molecule has 5 aromatic carbocycles. The lowest BCUT2D eigenvalue weighted by molar-refractivity contribution is -0.142. The molecule has 0 bridgehead atoms. The lowest BCUT2D eigenvalue weighted by Gasteiger charge is -2.34. The van der Waals surface area contributed by atoms with Gasteiger partial charge in [-0.1, -0.05) is 147 Å². The fourth-order valence-corrected chi connectivity index (χ4v) is 11.4. The number of hydrogen-bond acceptors (Lipinski definition) is 17. The first-order valence-corrected chi connectivity index (χ1v) is 34.5. The minimum atomic E-state index is -2.05. The van der Waals surface area contributed by atoms with E-state index in [4.69, 9.17) is 11.5 Å². The number of carbonyl (C=O) groups is 13. The first kappa shape index (κ1) is 83.2. The van der Waals surface area contributed by atoms with Gasteiger partial charge in [-0.3, -0.25) is 62.3 Å². The molecule has 31 nitrogen and oxygen atoms in total. The zero-order valence-electron chi connectivity index (χ0n) is 59.7. The van der Waals surface area contributed by atoms with Crippen LogP contribution < -0.4 is 64.6 Å². The minimum Gasteiger partial charge on any atom is -0.481 e. The third-order valence-electron chi connectivity index (χ3n) is 17.5. The number of nitrogens with two attached hydrogens (primary N) is 2. The molecular formula is C75H94N14O17. The van der Waals surface area contributed by atoms with E-state index in [1.807, 2.05) is 74.5 Å². The number of H-pyrrole nitrogens is 1. The molecule has 0 saturated carbocycles. The maximum absolute atomic E-state index is 14.7. The van der Waals surface area contributed by atoms with Gasteiger partial charge in [0.1, 0.15) is 53.9 Å². The van der Waals surface area contributed by atoms with Gasteiger partial charge in [-0.25, -0.2) is 4.98 Å². The van der Waals surface area contributed by atoms with Crippen molar-refractivity contribution in [2.45, 2.75) is 172 Å². The topological polar surface area (TPSA) is 504 Å². The number of aromatic nitrogens is 2. The number of aliphatic hydroxyl groups excluding tert-OH is 2. The van der Waals surface area contributed by atoms with Gasteiger partial charge < -0.3 is 90.0 Å². The minimum absolute atomic E-state index is 0.0289. The average molecular weight is 1460 g/mol. The van der Waals surface area contributed by atoms with Crippen LogP contribution >= 0.6 is 0 Å². The Hall–Kier alpha value is -11.7. The number of unbranched alkanes of at least 4 members (excludes halogenated alkanes) is 1. The van der Waals surface area contributed by atoms with E-state index in [-0.39, 0.29) is 32.1 Å². The number of benzene rings is 5. The van der Waals surface area contributed by atoms with Gasteiger partial charge in [0, 0.05) is 44.0 Å². The van der Waals surface area contributed by atoms with Gasteiger partial charge >= 0.3 is 11.9 Å². The second kappa shape index (κ2) is 40.4. The lowest BCUT2D eigenvalue weighted by atomic mass is 9.90. The molecule has 1 aromatic heterocycles. The summed E-state index contributed by atoms with van der Waals surface area (Å²) in [5.41, 5.74) is 17.6. The van der Waals surface area contributed by atoms with E-state index in [0.29, 0.717) is 35.2 Å². The van der Waals surface area contributed by atoms with E-state index >= 15 is 0 Å². The number of hydrogen-bond donors (Lipinski definition) is 17. The van der Waals surface area contributed by atoms with E-state index in [1.54, 1.807) is 73.7 Å². The molecule has 0 aliphatic carbocycles. The third-order valence-corrected chi connectivity index (χ3v) is 17.5. The van der Waals surface area contributed by atoms with Gasteiger partial charge in [-0.2, -0.15) is 0 Å². The SMILES string of the molecule is CCCC[C@H](NC(=O)CNC(=O)[C@H](CCC(=O)O)NC(=O)[C@H](C)NC(=O)[C@@H](N)Cc1cnc[nH]1)C(=O)N[C@@](C)(Cc1ccccc1)C(=O)N[C@H](C(=O)N[C@@H](CO)C(=O)N[C@@H](CC(=O)O)C(=O)N[C@@H](Cc1ccc(-c2ccccc2C)cc1)C(=O)N[C@@H](Cc1ccc(-c2ccccc2C)cc1)C(N)=O)[C@@H](C)O. The highest BCUT2D eigenvalue weighted by Crippen LogP contribution is 2.26. The molecule has 1 heterocycles. The van der Waals surface area contributed by atoms with Gasteiger partial charge in [0.15, 0.2) is 0 Å². The molecule has 31 heteroatoms. The van der Waals surface area contributed by atoms with Crippen LogP contribution in [0.1, 0.15) is 99.7 Å². The summed E-state index contributed by atoms with van der Waals surface area (Å²) in [7, 11) is 0. The Morgan fingerprint density at radius 1 is 0.538 bits per heavy atom. The predicted molar refractivity (Wildman–Crippen MR) is 388 cm³/mol. The molecule has 19 N–H and O–H groups in total. The van der Waals surface area contributed by atoms with E-state index < -0.39 is 175 Å². The van der Waals surface area contributed by atoms with Crippen molar-refractivity contribution in [3.8, 4) is 22.3 Å². The van der Waals surface area contributed by atoms with Crippen molar-refractivity contribution in [3.63, 3.8) is 0 Å². The molecule has 0 unspecified atom stereocenters. The van der Waals surface area contributed by atoms with Crippen LogP contribution in [0.15, 0.2) is 140 Å². The molecule has 0 aliphatic rings. The molecule has 566 valence electrons. The van der Waals surface area contributed by atoms with Crippen LogP contribution in [0.4, 0.5) is 0 Å². The number of amides is 11. The fourth-order valence-electron chi connectivity index (χ4n) is 11.4. The maximum Gasteiger partial charge on any atom is 0.305 e. The van der Waals surface area contributed by atoms with Gasteiger partial charge in [0.05, 0.1) is 38.0 Å². The third kappa shape index (κ3) is 25.6. The first-order chi connectivity index (χ1) is 50.4. The summed E-state index contributed by atoms with van der Waals surface area (Å²) in [5.74, 6) is -14.2. The van der Waals surface area contributed by atoms with Crippen LogP contribution in [0.2, 0.25) is 0 Å². The number of carboxylic acid groups (broad SMARTS) is 2. The Kier molecular flexibility index (Phi) is 31.7. The van der Waals surface area contributed by atoms with Crippen molar-refractivity contribution in [2.24, 2.45) is 11.5 Å². The molecule has 11 atom stereocenters. The number of aliphatic carboxylic acids is 2. The van der Waals surface area contributed by atoms with Crippen molar-refractivity contribution in [1.82, 2.24) is 63.1 Å². The molecule has 6 rings (SSSR count). The quantitative estimate of drug-likeness (QED) is 0.0244. The van der Waals surface area contributed by atoms with Gasteiger partial charge in [-0.05, 0) is 97.5 Å². The Bertz CT molecular complexity index is 4050. The summed E-state index contributed by atoms with van der Waals surface area (Å²) < 4.78 is 0. The second-order valence-electron chi connectivity index (χ2n) is 26.1. The van der Waals surface area contributed by atoms with Gasteiger partial charge in [0.2, 0.25) is 65.0 Å². The summed E-state index contributed by atoms with van der Waals surface area (Å²) in [5, 5.41) is 65.5. The number of imidazole rings is 1. The zero-order valence-corrected chi connectivity index (χ0v) is 59.7. The normalized spacial score (nSPS) is 14.5. The Morgan fingerprint density at radius 3 is 1.58 bits per heavy atom. The molecule has 0 aliphatic heterocycles. The van der Waals surface area contributed by atoms with Crippen LogP contribution in [0.5, 0.6) is 0 Å². The number of carbonyl (C=O) groups excluding carboxylic acids is 11. The standard InChI is InChI=1S/C75H94N14O17/c1-7-8-22-55(82-61(92)39-79-68(100)56(31-32-62(93)94)83-66(98)44(4)81-67(99)54(76)35-51-38-78-41-80-51)72(104)89-75(6,37-48-18-10-9-11-19-48)74(106)88-64(45(5)91)73(105)87-60(40-90)71(103)86-59(36-63(95)96)70(102)85-58(34-47-25-29-50(30-26-47)53-21-15-13-17-43(53)3)69(101)84-57(65(77)97)33-46-23-27-49(28-24-46)52-20-14-12-16-42(52)2/h9-21,23-30,38,41,44-45,54-60,64,90-91H,7-8,22,31-37,39-40,76H2,1-6H3,(H2,77,97)(H,78,80)(H,79,100)(H,81,99)(H,82,92)(H,83,98)(H,84,101)(H,85,102)(H,86,103)(H,87,105)(H,88,106)(H,89,104)(H,93,94)(H,95,96)/t44-,45+,54-,55-,56-,57-,58-,59-,60-,64-,75-/m0/s1. The van der Waals surface area contributed by atoms with E-state index in [1.165, 1.54) is 26.4 Å². The lowest BCUT2D eigenvalue weighted by Crippen LogP contribution is -2.66. The largest absolute Gasteiger partial charge is 0.481 e. The number of primary amides is 1. The van der Waals surface area contributed by atoms with E-state index in [2.05, 4.69) is 63.1 Å². The van der Waals surface area contributed by atoms with Crippen LogP contribution in [0, 0.1) is 13.8 Å². The zero-order chi connectivity index (χ0) is 77.8. The number of aliphatic hydroxyl groups is 2. The maximum atomic E-state index is 14.7. The highest BCUT2D eigenvalue weighted by molar-refractivity contribution is 6.00. The van der Waals surface area contributed by atoms with Crippen molar-refractivity contribution in [3.05, 3.63) is 173 Å². The number of aromatic amines is 1. The summed E-state index contributed by atoms with van der Waals surface area (Å²) >= 11 is 0. The highest BCUT2D eigenvalue weighted by atomic mass is 16.4. The fraction of sp³-hybridized carbons (Fsp3) is 0.387. The average Bonchev–Trinajstić information content (AvgIpc) is 0.917. The number of nitrogens with zero attached hydrogens (tertiary/aromatic N) is 1. The number of aryl methyl sites for hydroxylation is 2. The van der Waals surface area contributed by atoms with Crippen molar-refractivity contribution in [1.29, 1.82) is 0 Å². The van der Waals surface area contributed by atoms with Crippen LogP contribution in [0.25, 0.3) is 22.3 Å². The Labute approximate surface area is 612 Å². The van der Waals surface area contributed by atoms with E-state index in [0.717, 1.165) is 40.3 Å². The monoisotopic (exact) mass is 1460 g/mol. The Morgan fingerprint density at radius 2 is 1.06 bits per heavy atom. The molecule has 0 fully saturated rings. The summed E-state index contributed by atoms with van der Waals surface area (Å²) in [6, 6.07) is 23.6. The number of carboxylic acids is 2. The van der Waals surface area contributed by atoms with Gasteiger partial charge in [-0.15, -0.1) is 0 Å². The summed E-state index contributed by atoms with van der Waals surface area (Å²) in [4.78, 5) is 183.